The van der Waals surface area contributed by atoms with Crippen molar-refractivity contribution in [3.05, 3.63) is 23.2 Å². The molecule has 17 heavy (non-hydrogen) atoms. The lowest BCUT2D eigenvalue weighted by molar-refractivity contribution is -0.144. The molecule has 1 aromatic rings. The molecule has 0 saturated carbocycles. The van der Waals surface area contributed by atoms with Gasteiger partial charge in [-0.1, -0.05) is 6.92 Å². The molecular weight excluding hydrogens is 218 g/mol. The minimum absolute atomic E-state index is 0.143. The molecule has 0 aliphatic carbocycles. The molecule has 0 fully saturated rings. The Labute approximate surface area is 102 Å². The van der Waals surface area contributed by atoms with Crippen LogP contribution in [-0.2, 0) is 9.53 Å². The minimum Gasteiger partial charge on any atom is -0.469 e. The molecular formula is C13H21NO3. The smallest absolute Gasteiger partial charge is 0.309 e. The van der Waals surface area contributed by atoms with E-state index in [1.54, 1.807) is 0 Å². The Bertz CT molecular complexity index is 384. The van der Waals surface area contributed by atoms with Gasteiger partial charge in [-0.15, -0.1) is 0 Å². The molecule has 96 valence electrons. The van der Waals surface area contributed by atoms with Crippen LogP contribution in [0.25, 0.3) is 0 Å². The van der Waals surface area contributed by atoms with Gasteiger partial charge in [-0.3, -0.25) is 4.79 Å². The van der Waals surface area contributed by atoms with Crippen molar-refractivity contribution in [2.24, 2.45) is 5.92 Å². The second-order valence-electron chi connectivity index (χ2n) is 4.42. The lowest BCUT2D eigenvalue weighted by Crippen LogP contribution is -2.29. The second-order valence-corrected chi connectivity index (χ2v) is 4.42. The van der Waals surface area contributed by atoms with E-state index in [0.717, 1.165) is 17.1 Å². The van der Waals surface area contributed by atoms with Gasteiger partial charge >= 0.3 is 5.97 Å². The predicted octanol–water partition coefficient (Wildman–Crippen LogP) is 2.36. The molecule has 0 radical (unpaired) electrons. The summed E-state index contributed by atoms with van der Waals surface area (Å²) in [5.41, 5.74) is 1.14. The van der Waals surface area contributed by atoms with Crippen molar-refractivity contribution in [1.29, 1.82) is 0 Å². The third kappa shape index (κ3) is 3.60. The lowest BCUT2D eigenvalue weighted by Gasteiger charge is -2.16. The number of carbonyl (C=O) groups is 1. The Morgan fingerprint density at radius 3 is 2.59 bits per heavy atom. The molecule has 1 N–H and O–H groups in total. The highest BCUT2D eigenvalue weighted by Crippen LogP contribution is 2.21. The van der Waals surface area contributed by atoms with E-state index in [1.807, 2.05) is 26.8 Å². The van der Waals surface area contributed by atoms with Gasteiger partial charge in [-0.05, 0) is 26.8 Å². The summed E-state index contributed by atoms with van der Waals surface area (Å²) in [6.07, 6.45) is 0. The summed E-state index contributed by atoms with van der Waals surface area (Å²) >= 11 is 0. The average molecular weight is 239 g/mol. The number of carbonyl (C=O) groups excluding carboxylic acids is 1. The second kappa shape index (κ2) is 5.87. The zero-order chi connectivity index (χ0) is 13.0. The Morgan fingerprint density at radius 2 is 2.12 bits per heavy atom. The maximum atomic E-state index is 11.3. The van der Waals surface area contributed by atoms with Crippen LogP contribution in [0, 0.1) is 19.8 Å². The SMILES string of the molecule is COC(=O)C(C)CNC(C)c1cc(C)oc1C. The number of esters is 1. The summed E-state index contributed by atoms with van der Waals surface area (Å²) in [6, 6.07) is 2.19. The molecule has 0 bridgehead atoms. The number of furan rings is 1. The molecule has 0 amide bonds. The van der Waals surface area contributed by atoms with Crippen molar-refractivity contribution in [2.45, 2.75) is 33.7 Å². The minimum atomic E-state index is -0.190. The molecule has 4 heteroatoms. The van der Waals surface area contributed by atoms with Crippen LogP contribution < -0.4 is 5.32 Å². The van der Waals surface area contributed by atoms with Crippen molar-refractivity contribution in [3.63, 3.8) is 0 Å². The fourth-order valence-electron chi connectivity index (χ4n) is 1.83. The summed E-state index contributed by atoms with van der Waals surface area (Å²) in [4.78, 5) is 11.3. The molecule has 0 saturated heterocycles. The molecule has 4 nitrogen and oxygen atoms in total. The van der Waals surface area contributed by atoms with Crippen molar-refractivity contribution < 1.29 is 13.9 Å². The van der Waals surface area contributed by atoms with Crippen LogP contribution in [-0.4, -0.2) is 19.6 Å². The van der Waals surface area contributed by atoms with Crippen LogP contribution in [0.15, 0.2) is 10.5 Å². The first-order valence-electron chi connectivity index (χ1n) is 5.83. The Hall–Kier alpha value is -1.29. The van der Waals surface area contributed by atoms with Crippen LogP contribution in [0.2, 0.25) is 0 Å². The number of ether oxygens (including phenoxy) is 1. The van der Waals surface area contributed by atoms with Crippen molar-refractivity contribution in [3.8, 4) is 0 Å². The van der Waals surface area contributed by atoms with E-state index in [-0.39, 0.29) is 17.9 Å². The van der Waals surface area contributed by atoms with Gasteiger partial charge in [0.1, 0.15) is 11.5 Å². The maximum Gasteiger partial charge on any atom is 0.309 e. The van der Waals surface area contributed by atoms with E-state index in [2.05, 4.69) is 17.0 Å². The molecule has 1 rings (SSSR count). The van der Waals surface area contributed by atoms with Gasteiger partial charge in [-0.25, -0.2) is 0 Å². The largest absolute Gasteiger partial charge is 0.469 e. The third-order valence-electron chi connectivity index (χ3n) is 2.88. The van der Waals surface area contributed by atoms with Crippen LogP contribution in [0.5, 0.6) is 0 Å². The van der Waals surface area contributed by atoms with Crippen LogP contribution in [0.3, 0.4) is 0 Å². The monoisotopic (exact) mass is 239 g/mol. The Balaban J connectivity index is 2.53. The zero-order valence-corrected chi connectivity index (χ0v) is 11.2. The summed E-state index contributed by atoms with van der Waals surface area (Å²) in [5.74, 6) is 1.50. The number of aryl methyl sites for hydroxylation is 2. The molecule has 0 spiro atoms. The summed E-state index contributed by atoms with van der Waals surface area (Å²) in [5, 5.41) is 3.31. The Morgan fingerprint density at radius 1 is 1.47 bits per heavy atom. The highest BCUT2D eigenvalue weighted by molar-refractivity contribution is 5.72. The first kappa shape index (κ1) is 13.8. The molecule has 2 atom stereocenters. The topological polar surface area (TPSA) is 51.5 Å². The van der Waals surface area contributed by atoms with Gasteiger partial charge in [0, 0.05) is 18.2 Å². The molecule has 1 aromatic heterocycles. The van der Waals surface area contributed by atoms with E-state index in [4.69, 9.17) is 4.42 Å². The van der Waals surface area contributed by atoms with Crippen molar-refractivity contribution in [1.82, 2.24) is 5.32 Å². The molecule has 1 heterocycles. The number of hydrogen-bond donors (Lipinski definition) is 1. The first-order chi connectivity index (χ1) is 7.95. The van der Waals surface area contributed by atoms with Crippen molar-refractivity contribution >= 4 is 5.97 Å². The maximum absolute atomic E-state index is 11.3. The van der Waals surface area contributed by atoms with Gasteiger partial charge in [0.2, 0.25) is 0 Å². The quantitative estimate of drug-likeness (QED) is 0.801. The number of hydrogen-bond acceptors (Lipinski definition) is 4. The van der Waals surface area contributed by atoms with E-state index in [0.29, 0.717) is 6.54 Å². The molecule has 0 aliphatic heterocycles. The van der Waals surface area contributed by atoms with E-state index >= 15 is 0 Å². The van der Waals surface area contributed by atoms with Gasteiger partial charge in [0.15, 0.2) is 0 Å². The van der Waals surface area contributed by atoms with Gasteiger partial charge < -0.3 is 14.5 Å². The van der Waals surface area contributed by atoms with E-state index in [1.165, 1.54) is 7.11 Å². The van der Waals surface area contributed by atoms with E-state index in [9.17, 15) is 4.79 Å². The summed E-state index contributed by atoms with van der Waals surface area (Å²) < 4.78 is 10.2. The lowest BCUT2D eigenvalue weighted by atomic mass is 10.1. The highest BCUT2D eigenvalue weighted by atomic mass is 16.5. The predicted molar refractivity (Wildman–Crippen MR) is 65.8 cm³/mol. The van der Waals surface area contributed by atoms with Gasteiger partial charge in [0.05, 0.1) is 13.0 Å². The van der Waals surface area contributed by atoms with Crippen LogP contribution in [0.1, 0.15) is 37.0 Å². The normalized spacial score (nSPS) is 14.4. The molecule has 2 unspecified atom stereocenters. The fraction of sp³-hybridized carbons (Fsp3) is 0.615. The molecule has 0 aliphatic rings. The number of nitrogens with one attached hydrogen (secondary N) is 1. The average Bonchev–Trinajstić information content (AvgIpc) is 2.63. The number of rotatable bonds is 5. The fourth-order valence-corrected chi connectivity index (χ4v) is 1.83. The van der Waals surface area contributed by atoms with Crippen LogP contribution in [0.4, 0.5) is 0 Å². The Kier molecular flexibility index (Phi) is 4.75. The standard InChI is InChI=1S/C13H21NO3/c1-8(13(15)16-5)7-14-10(3)12-6-9(2)17-11(12)4/h6,8,10,14H,7H2,1-5H3. The first-order valence-corrected chi connectivity index (χ1v) is 5.83. The van der Waals surface area contributed by atoms with Gasteiger partial charge in [0.25, 0.3) is 0 Å². The number of methoxy groups -OCH3 is 1. The van der Waals surface area contributed by atoms with Crippen molar-refractivity contribution in [2.75, 3.05) is 13.7 Å². The highest BCUT2D eigenvalue weighted by Gasteiger charge is 2.16. The third-order valence-corrected chi connectivity index (χ3v) is 2.88. The summed E-state index contributed by atoms with van der Waals surface area (Å²) in [6.45, 7) is 8.38. The van der Waals surface area contributed by atoms with Crippen LogP contribution >= 0.6 is 0 Å². The zero-order valence-electron chi connectivity index (χ0n) is 11.2. The molecule has 0 aromatic carbocycles. The van der Waals surface area contributed by atoms with Gasteiger partial charge in [-0.2, -0.15) is 0 Å². The summed E-state index contributed by atoms with van der Waals surface area (Å²) in [7, 11) is 1.41. The van der Waals surface area contributed by atoms with E-state index < -0.39 is 0 Å².